The van der Waals surface area contributed by atoms with E-state index in [1.807, 2.05) is 12.1 Å². The lowest BCUT2D eigenvalue weighted by Gasteiger charge is -2.36. The monoisotopic (exact) mass is 365 g/mol. The highest BCUT2D eigenvalue weighted by molar-refractivity contribution is 5.90. The van der Waals surface area contributed by atoms with Gasteiger partial charge in [-0.3, -0.25) is 9.69 Å². The van der Waals surface area contributed by atoms with Crippen LogP contribution in [0.2, 0.25) is 0 Å². The molecule has 1 N–H and O–H groups in total. The molecule has 3 rings (SSSR count). The van der Waals surface area contributed by atoms with Crippen molar-refractivity contribution in [2.75, 3.05) is 36.4 Å². The molecular formula is C23H31N3O. The van der Waals surface area contributed by atoms with E-state index >= 15 is 0 Å². The minimum atomic E-state index is 0.116. The molecule has 1 saturated heterocycles. The highest BCUT2D eigenvalue weighted by atomic mass is 16.1. The first-order valence-corrected chi connectivity index (χ1v) is 10.2. The highest BCUT2D eigenvalue weighted by Gasteiger charge is 2.17. The summed E-state index contributed by atoms with van der Waals surface area (Å²) in [6.07, 6.45) is 3.83. The third-order valence-corrected chi connectivity index (χ3v) is 5.14. The second kappa shape index (κ2) is 10.1. The number of unbranched alkanes of at least 4 members (excludes halogenated alkanes) is 2. The fourth-order valence-electron chi connectivity index (χ4n) is 3.52. The zero-order chi connectivity index (χ0) is 18.9. The van der Waals surface area contributed by atoms with Crippen molar-refractivity contribution < 1.29 is 4.79 Å². The SMILES string of the molecule is CCCCCC(=O)Nc1ccc(N2CCN(Cc3ccccc3)CC2)cc1. The summed E-state index contributed by atoms with van der Waals surface area (Å²) in [7, 11) is 0. The lowest BCUT2D eigenvalue weighted by Crippen LogP contribution is -2.45. The maximum Gasteiger partial charge on any atom is 0.224 e. The Kier molecular flexibility index (Phi) is 7.28. The third-order valence-electron chi connectivity index (χ3n) is 5.14. The largest absolute Gasteiger partial charge is 0.369 e. The van der Waals surface area contributed by atoms with Crippen LogP contribution in [0.1, 0.15) is 38.2 Å². The van der Waals surface area contributed by atoms with Gasteiger partial charge < -0.3 is 10.2 Å². The Morgan fingerprint density at radius 1 is 0.926 bits per heavy atom. The quantitative estimate of drug-likeness (QED) is 0.698. The maximum absolute atomic E-state index is 11.9. The van der Waals surface area contributed by atoms with Crippen LogP contribution in [-0.2, 0) is 11.3 Å². The van der Waals surface area contributed by atoms with Gasteiger partial charge in [-0.25, -0.2) is 0 Å². The van der Waals surface area contributed by atoms with E-state index in [4.69, 9.17) is 0 Å². The average molecular weight is 366 g/mol. The Bertz CT molecular complexity index is 691. The van der Waals surface area contributed by atoms with Crippen LogP contribution in [0.25, 0.3) is 0 Å². The van der Waals surface area contributed by atoms with E-state index in [0.717, 1.165) is 57.7 Å². The molecular weight excluding hydrogens is 334 g/mol. The molecule has 0 unspecified atom stereocenters. The van der Waals surface area contributed by atoms with E-state index in [9.17, 15) is 4.79 Å². The van der Waals surface area contributed by atoms with Gasteiger partial charge in [0.1, 0.15) is 0 Å². The number of hydrogen-bond acceptors (Lipinski definition) is 3. The van der Waals surface area contributed by atoms with Crippen LogP contribution >= 0.6 is 0 Å². The minimum absolute atomic E-state index is 0.116. The Hall–Kier alpha value is -2.33. The first-order chi connectivity index (χ1) is 13.2. The van der Waals surface area contributed by atoms with E-state index in [-0.39, 0.29) is 5.91 Å². The van der Waals surface area contributed by atoms with Gasteiger partial charge in [0.15, 0.2) is 0 Å². The molecule has 1 aliphatic heterocycles. The Labute approximate surface area is 163 Å². The number of carbonyl (C=O) groups is 1. The molecule has 4 nitrogen and oxygen atoms in total. The molecule has 0 radical (unpaired) electrons. The molecule has 27 heavy (non-hydrogen) atoms. The number of amides is 1. The van der Waals surface area contributed by atoms with E-state index < -0.39 is 0 Å². The molecule has 1 fully saturated rings. The first kappa shape index (κ1) is 19.4. The van der Waals surface area contributed by atoms with Crippen LogP contribution in [0.4, 0.5) is 11.4 Å². The van der Waals surface area contributed by atoms with E-state index in [2.05, 4.69) is 64.5 Å². The smallest absolute Gasteiger partial charge is 0.224 e. The molecule has 0 spiro atoms. The lowest BCUT2D eigenvalue weighted by atomic mass is 10.2. The molecule has 0 saturated carbocycles. The van der Waals surface area contributed by atoms with Gasteiger partial charge in [-0.05, 0) is 36.2 Å². The van der Waals surface area contributed by atoms with Gasteiger partial charge in [0.25, 0.3) is 0 Å². The normalized spacial score (nSPS) is 14.9. The van der Waals surface area contributed by atoms with Crippen LogP contribution in [0.15, 0.2) is 54.6 Å². The van der Waals surface area contributed by atoms with Crippen molar-refractivity contribution >= 4 is 17.3 Å². The van der Waals surface area contributed by atoms with Crippen LogP contribution in [-0.4, -0.2) is 37.0 Å². The summed E-state index contributed by atoms with van der Waals surface area (Å²) >= 11 is 0. The van der Waals surface area contributed by atoms with Crippen molar-refractivity contribution in [3.05, 3.63) is 60.2 Å². The van der Waals surface area contributed by atoms with Gasteiger partial charge in [0.2, 0.25) is 5.91 Å². The summed E-state index contributed by atoms with van der Waals surface area (Å²) in [5.74, 6) is 0.116. The van der Waals surface area contributed by atoms with Crippen molar-refractivity contribution in [2.24, 2.45) is 0 Å². The molecule has 0 aliphatic carbocycles. The second-order valence-electron chi connectivity index (χ2n) is 7.30. The number of nitrogens with one attached hydrogen (secondary N) is 1. The van der Waals surface area contributed by atoms with E-state index in [0.29, 0.717) is 6.42 Å². The number of nitrogens with zero attached hydrogens (tertiary/aromatic N) is 2. The van der Waals surface area contributed by atoms with Gasteiger partial charge in [0.05, 0.1) is 0 Å². The van der Waals surface area contributed by atoms with Crippen molar-refractivity contribution in [1.29, 1.82) is 0 Å². The molecule has 2 aromatic rings. The van der Waals surface area contributed by atoms with Crippen molar-refractivity contribution in [2.45, 2.75) is 39.2 Å². The fraction of sp³-hybridized carbons (Fsp3) is 0.435. The summed E-state index contributed by atoms with van der Waals surface area (Å²) in [5, 5.41) is 3.00. The Morgan fingerprint density at radius 2 is 1.63 bits per heavy atom. The summed E-state index contributed by atoms with van der Waals surface area (Å²) in [6.45, 7) is 7.40. The molecule has 2 aromatic carbocycles. The summed E-state index contributed by atoms with van der Waals surface area (Å²) in [5.41, 5.74) is 3.51. The molecule has 0 atom stereocenters. The number of rotatable bonds is 8. The zero-order valence-corrected chi connectivity index (χ0v) is 16.4. The summed E-state index contributed by atoms with van der Waals surface area (Å²) in [4.78, 5) is 16.9. The standard InChI is InChI=1S/C23H31N3O/c1-2-3-5-10-23(27)24-21-11-13-22(14-12-21)26-17-15-25(16-18-26)19-20-8-6-4-7-9-20/h4,6-9,11-14H,2-3,5,10,15-19H2,1H3,(H,24,27). The average Bonchev–Trinajstić information content (AvgIpc) is 2.70. The zero-order valence-electron chi connectivity index (χ0n) is 16.4. The van der Waals surface area contributed by atoms with Gasteiger partial charge >= 0.3 is 0 Å². The van der Waals surface area contributed by atoms with Gasteiger partial charge in [-0.1, -0.05) is 50.1 Å². The third kappa shape index (κ3) is 6.10. The topological polar surface area (TPSA) is 35.6 Å². The Balaban J connectivity index is 1.45. The lowest BCUT2D eigenvalue weighted by molar-refractivity contribution is -0.116. The number of carbonyl (C=O) groups excluding carboxylic acids is 1. The molecule has 1 aliphatic rings. The minimum Gasteiger partial charge on any atom is -0.369 e. The van der Waals surface area contributed by atoms with Gasteiger partial charge in [-0.2, -0.15) is 0 Å². The Morgan fingerprint density at radius 3 is 2.30 bits per heavy atom. The molecule has 0 aromatic heterocycles. The summed E-state index contributed by atoms with van der Waals surface area (Å²) in [6, 6.07) is 18.9. The van der Waals surface area contributed by atoms with Crippen LogP contribution < -0.4 is 10.2 Å². The second-order valence-corrected chi connectivity index (χ2v) is 7.30. The van der Waals surface area contributed by atoms with Crippen LogP contribution in [0.3, 0.4) is 0 Å². The fourth-order valence-corrected chi connectivity index (χ4v) is 3.52. The highest BCUT2D eigenvalue weighted by Crippen LogP contribution is 2.20. The first-order valence-electron chi connectivity index (χ1n) is 10.2. The number of anilines is 2. The predicted molar refractivity (Wildman–Crippen MR) is 113 cm³/mol. The molecule has 1 heterocycles. The molecule has 0 bridgehead atoms. The van der Waals surface area contributed by atoms with Crippen LogP contribution in [0.5, 0.6) is 0 Å². The molecule has 4 heteroatoms. The van der Waals surface area contributed by atoms with E-state index in [1.54, 1.807) is 0 Å². The number of benzene rings is 2. The molecule has 1 amide bonds. The van der Waals surface area contributed by atoms with E-state index in [1.165, 1.54) is 11.3 Å². The number of hydrogen-bond donors (Lipinski definition) is 1. The molecule has 144 valence electrons. The van der Waals surface area contributed by atoms with Gasteiger partial charge in [0, 0.05) is 50.5 Å². The van der Waals surface area contributed by atoms with Gasteiger partial charge in [-0.15, -0.1) is 0 Å². The van der Waals surface area contributed by atoms with Crippen LogP contribution in [0, 0.1) is 0 Å². The number of piperazine rings is 1. The predicted octanol–water partition coefficient (Wildman–Crippen LogP) is 4.53. The van der Waals surface area contributed by atoms with Crippen molar-refractivity contribution in [1.82, 2.24) is 4.90 Å². The maximum atomic E-state index is 11.9. The van der Waals surface area contributed by atoms with Crippen molar-refractivity contribution in [3.63, 3.8) is 0 Å². The van der Waals surface area contributed by atoms with Crippen molar-refractivity contribution in [3.8, 4) is 0 Å². The summed E-state index contributed by atoms with van der Waals surface area (Å²) < 4.78 is 0.